The molecule has 5 nitrogen and oxygen atoms in total. The van der Waals surface area contributed by atoms with Crippen molar-refractivity contribution >= 4 is 17.5 Å². The van der Waals surface area contributed by atoms with Crippen LogP contribution in [0.25, 0.3) is 0 Å². The van der Waals surface area contributed by atoms with Crippen molar-refractivity contribution in [3.8, 4) is 0 Å². The summed E-state index contributed by atoms with van der Waals surface area (Å²) in [6.07, 6.45) is 3.43. The summed E-state index contributed by atoms with van der Waals surface area (Å²) in [7, 11) is 1.78. The Bertz CT molecular complexity index is 334. The SMILES string of the molecule is CN(CC1CC(Cl)C1)C(=O)c1cn[nH]n1. The number of carbonyl (C=O) groups is 1. The number of rotatable bonds is 3. The van der Waals surface area contributed by atoms with E-state index in [1.165, 1.54) is 6.20 Å². The second kappa shape index (κ2) is 4.18. The lowest BCUT2D eigenvalue weighted by Crippen LogP contribution is -2.38. The number of carbonyl (C=O) groups excluding carboxylic acids is 1. The van der Waals surface area contributed by atoms with Gasteiger partial charge in [-0.3, -0.25) is 4.79 Å². The lowest BCUT2D eigenvalue weighted by Gasteiger charge is -2.33. The minimum absolute atomic E-state index is 0.0956. The predicted octanol–water partition coefficient (Wildman–Crippen LogP) is 0.894. The van der Waals surface area contributed by atoms with Crippen molar-refractivity contribution in [2.45, 2.75) is 18.2 Å². The van der Waals surface area contributed by atoms with E-state index >= 15 is 0 Å². The number of amides is 1. The first-order valence-electron chi connectivity index (χ1n) is 4.92. The number of hydrogen-bond donors (Lipinski definition) is 1. The lowest BCUT2D eigenvalue weighted by molar-refractivity contribution is 0.0741. The second-order valence-electron chi connectivity index (χ2n) is 3.98. The van der Waals surface area contributed by atoms with Crippen LogP contribution in [0, 0.1) is 5.92 Å². The average molecular weight is 229 g/mol. The fourth-order valence-electron chi connectivity index (χ4n) is 1.77. The average Bonchev–Trinajstić information content (AvgIpc) is 2.66. The molecule has 0 atom stereocenters. The second-order valence-corrected chi connectivity index (χ2v) is 4.59. The zero-order chi connectivity index (χ0) is 10.8. The zero-order valence-corrected chi connectivity index (χ0v) is 9.24. The quantitative estimate of drug-likeness (QED) is 0.782. The van der Waals surface area contributed by atoms with Gasteiger partial charge in [0.2, 0.25) is 0 Å². The van der Waals surface area contributed by atoms with Gasteiger partial charge >= 0.3 is 0 Å². The molecule has 2 rings (SSSR count). The van der Waals surface area contributed by atoms with E-state index in [0.29, 0.717) is 17.0 Å². The number of halogens is 1. The van der Waals surface area contributed by atoms with Crippen molar-refractivity contribution in [3.63, 3.8) is 0 Å². The maximum absolute atomic E-state index is 11.7. The molecule has 0 aromatic carbocycles. The lowest BCUT2D eigenvalue weighted by atomic mass is 9.84. The third kappa shape index (κ3) is 2.28. The molecule has 1 N–H and O–H groups in total. The molecule has 0 spiro atoms. The van der Waals surface area contributed by atoms with Crippen LogP contribution in [0.15, 0.2) is 6.20 Å². The summed E-state index contributed by atoms with van der Waals surface area (Å²) in [5, 5.41) is 10.1. The van der Waals surface area contributed by atoms with Gasteiger partial charge in [0, 0.05) is 19.0 Å². The summed E-state index contributed by atoms with van der Waals surface area (Å²) < 4.78 is 0. The molecule has 0 bridgehead atoms. The van der Waals surface area contributed by atoms with Crippen LogP contribution in [-0.2, 0) is 0 Å². The van der Waals surface area contributed by atoms with Gasteiger partial charge in [0.25, 0.3) is 5.91 Å². The zero-order valence-electron chi connectivity index (χ0n) is 8.48. The summed E-state index contributed by atoms with van der Waals surface area (Å²) in [5.41, 5.74) is 0.360. The third-order valence-electron chi connectivity index (χ3n) is 2.69. The van der Waals surface area contributed by atoms with Crippen LogP contribution in [0.1, 0.15) is 23.3 Å². The molecule has 1 saturated carbocycles. The van der Waals surface area contributed by atoms with Crippen LogP contribution in [0.4, 0.5) is 0 Å². The number of hydrogen-bond acceptors (Lipinski definition) is 3. The van der Waals surface area contributed by atoms with Crippen LogP contribution in [0.3, 0.4) is 0 Å². The fraction of sp³-hybridized carbons (Fsp3) is 0.667. The summed E-state index contributed by atoms with van der Waals surface area (Å²) in [5.74, 6) is 0.440. The van der Waals surface area contributed by atoms with Gasteiger partial charge in [0.15, 0.2) is 5.69 Å². The number of nitrogens with zero attached hydrogens (tertiary/aromatic N) is 3. The highest BCUT2D eigenvalue weighted by Crippen LogP contribution is 2.32. The third-order valence-corrected chi connectivity index (χ3v) is 3.05. The van der Waals surface area contributed by atoms with Crippen molar-refractivity contribution in [2.24, 2.45) is 5.92 Å². The van der Waals surface area contributed by atoms with Gasteiger partial charge in [-0.2, -0.15) is 15.4 Å². The molecule has 0 aliphatic heterocycles. The molecule has 1 aromatic rings. The molecular weight excluding hydrogens is 216 g/mol. The molecule has 15 heavy (non-hydrogen) atoms. The summed E-state index contributed by atoms with van der Waals surface area (Å²) in [6, 6.07) is 0. The van der Waals surface area contributed by atoms with Crippen molar-refractivity contribution < 1.29 is 4.79 Å². The Balaban J connectivity index is 1.86. The standard InChI is InChI=1S/C9H13ClN4O/c1-14(5-6-2-7(10)3-6)9(15)8-4-11-13-12-8/h4,6-7H,2-3,5H2,1H3,(H,11,12,13). The predicted molar refractivity (Wildman–Crippen MR) is 55.7 cm³/mol. The highest BCUT2D eigenvalue weighted by molar-refractivity contribution is 6.21. The summed E-state index contributed by atoms with van der Waals surface area (Å²) in [4.78, 5) is 13.4. The van der Waals surface area contributed by atoms with E-state index in [9.17, 15) is 4.79 Å². The van der Waals surface area contributed by atoms with E-state index in [0.717, 1.165) is 19.4 Å². The Kier molecular flexibility index (Phi) is 2.90. The topological polar surface area (TPSA) is 61.9 Å². The molecule has 1 heterocycles. The minimum atomic E-state index is -0.0956. The molecule has 6 heteroatoms. The first kappa shape index (κ1) is 10.4. The molecule has 0 unspecified atom stereocenters. The van der Waals surface area contributed by atoms with Gasteiger partial charge in [-0.05, 0) is 18.8 Å². The van der Waals surface area contributed by atoms with Crippen molar-refractivity contribution in [1.82, 2.24) is 20.3 Å². The molecule has 82 valence electrons. The minimum Gasteiger partial charge on any atom is -0.340 e. The number of alkyl halides is 1. The maximum Gasteiger partial charge on any atom is 0.275 e. The Morgan fingerprint density at radius 2 is 2.47 bits per heavy atom. The van der Waals surface area contributed by atoms with Crippen LogP contribution in [0.2, 0.25) is 0 Å². The summed E-state index contributed by atoms with van der Waals surface area (Å²) >= 11 is 5.88. The van der Waals surface area contributed by atoms with Crippen LogP contribution in [-0.4, -0.2) is 45.2 Å². The number of nitrogens with one attached hydrogen (secondary N) is 1. The van der Waals surface area contributed by atoms with Crippen molar-refractivity contribution in [2.75, 3.05) is 13.6 Å². The Hall–Kier alpha value is -1.10. The van der Waals surface area contributed by atoms with E-state index in [4.69, 9.17) is 11.6 Å². The van der Waals surface area contributed by atoms with Gasteiger partial charge < -0.3 is 4.90 Å². The van der Waals surface area contributed by atoms with Gasteiger partial charge in [-0.25, -0.2) is 0 Å². The van der Waals surface area contributed by atoms with E-state index in [1.807, 2.05) is 0 Å². The molecule has 0 saturated heterocycles. The summed E-state index contributed by atoms with van der Waals surface area (Å²) in [6.45, 7) is 0.745. The molecule has 1 amide bonds. The van der Waals surface area contributed by atoms with E-state index < -0.39 is 0 Å². The molecule has 1 fully saturated rings. The van der Waals surface area contributed by atoms with Gasteiger partial charge in [0.05, 0.1) is 6.20 Å². The highest BCUT2D eigenvalue weighted by atomic mass is 35.5. The molecule has 1 aliphatic carbocycles. The van der Waals surface area contributed by atoms with Gasteiger partial charge in [0.1, 0.15) is 0 Å². The Morgan fingerprint density at radius 1 is 1.73 bits per heavy atom. The molecule has 1 aliphatic rings. The first-order valence-corrected chi connectivity index (χ1v) is 5.35. The fourth-order valence-corrected chi connectivity index (χ4v) is 2.28. The normalized spacial score (nSPS) is 24.7. The van der Waals surface area contributed by atoms with E-state index in [1.54, 1.807) is 11.9 Å². The number of aromatic nitrogens is 3. The Morgan fingerprint density at radius 3 is 3.00 bits per heavy atom. The van der Waals surface area contributed by atoms with E-state index in [2.05, 4.69) is 15.4 Å². The van der Waals surface area contributed by atoms with Crippen molar-refractivity contribution in [3.05, 3.63) is 11.9 Å². The number of aromatic amines is 1. The van der Waals surface area contributed by atoms with Crippen LogP contribution >= 0.6 is 11.6 Å². The smallest absolute Gasteiger partial charge is 0.275 e. The van der Waals surface area contributed by atoms with Gasteiger partial charge in [-0.15, -0.1) is 11.6 Å². The van der Waals surface area contributed by atoms with Gasteiger partial charge in [-0.1, -0.05) is 0 Å². The largest absolute Gasteiger partial charge is 0.340 e. The van der Waals surface area contributed by atoms with E-state index in [-0.39, 0.29) is 5.91 Å². The van der Waals surface area contributed by atoms with Crippen LogP contribution in [0.5, 0.6) is 0 Å². The van der Waals surface area contributed by atoms with Crippen molar-refractivity contribution in [1.29, 1.82) is 0 Å². The molecular formula is C9H13ClN4O. The molecule has 1 aromatic heterocycles. The monoisotopic (exact) mass is 228 g/mol. The molecule has 0 radical (unpaired) electrons. The highest BCUT2D eigenvalue weighted by Gasteiger charge is 2.29. The maximum atomic E-state index is 11.7. The number of H-pyrrole nitrogens is 1. The first-order chi connectivity index (χ1) is 7.16. The van der Waals surface area contributed by atoms with Crippen LogP contribution < -0.4 is 0 Å². The Labute approximate surface area is 92.8 Å².